The van der Waals surface area contributed by atoms with Gasteiger partial charge < -0.3 is 39.4 Å². The fraction of sp³-hybridized carbons (Fsp3) is 0.732. The molecule has 3 rings (SSSR count). The van der Waals surface area contributed by atoms with Crippen LogP contribution in [0, 0.1) is 17.8 Å². The zero-order valence-corrected chi connectivity index (χ0v) is 36.2. The first-order valence-electron chi connectivity index (χ1n) is 20.2. The van der Waals surface area contributed by atoms with Gasteiger partial charge in [0.05, 0.1) is 18.2 Å². The lowest BCUT2D eigenvalue weighted by atomic mass is 9.73. The minimum Gasteiger partial charge on any atom is -0.457 e. The second kappa shape index (κ2) is 21.1. The van der Waals surface area contributed by atoms with E-state index in [0.29, 0.717) is 17.9 Å². The van der Waals surface area contributed by atoms with Crippen LogP contribution in [0.3, 0.4) is 0 Å². The number of halogens is 1. The number of esters is 1. The zero-order chi connectivity index (χ0) is 43.6. The number of Topliss-reactive ketones (excluding diaryl/α,β-unsaturated/α-hetero) is 2. The van der Waals surface area contributed by atoms with E-state index in [1.165, 1.54) is 21.0 Å². The topological polar surface area (TPSA) is 200 Å². The molecule has 326 valence electrons. The number of hydrogen-bond donors (Lipinski definition) is 3. The first kappa shape index (κ1) is 48.8. The number of aromatic nitrogens is 5. The highest BCUT2D eigenvalue weighted by molar-refractivity contribution is 6.07. The van der Waals surface area contributed by atoms with Crippen molar-refractivity contribution in [1.29, 1.82) is 0 Å². The van der Waals surface area contributed by atoms with Crippen molar-refractivity contribution >= 4 is 17.5 Å². The quantitative estimate of drug-likeness (QED) is 0.0964. The third-order valence-electron chi connectivity index (χ3n) is 11.5. The van der Waals surface area contributed by atoms with Crippen molar-refractivity contribution in [2.24, 2.45) is 17.8 Å². The summed E-state index contributed by atoms with van der Waals surface area (Å²) >= 11 is 0. The number of nitrogens with one attached hydrogen (secondary N) is 1. The standard InChI is InChI=1S/C41H66FN7O9/c1-13-29(48(10)11)32(51)37(56-15-3)58-35-27(6)34(52)40(8,42)38(53)57-30(14-2)41(9,54)33(26(5)31(50)25(4)24-39(35,7)55-12)44-22-18-19-23-49-36(45-46-47-49)28-20-16-17-21-43-28/h16-21,25-27,29-30,32-33,35,37,44,51,54H,13-15,22-24H2,1-12H3/b19-18+/t25-,26+,27+,29?,30-,32?,33-,35-,37+,39-,40+,41-/m1/s1. The summed E-state index contributed by atoms with van der Waals surface area (Å²) in [6.07, 6.45) is 0.615. The predicted molar refractivity (Wildman–Crippen MR) is 214 cm³/mol. The third-order valence-corrected chi connectivity index (χ3v) is 11.5. The Bertz CT molecular complexity index is 1660. The maximum Gasteiger partial charge on any atom is 0.351 e. The Morgan fingerprint density at radius 1 is 1.10 bits per heavy atom. The molecule has 1 saturated heterocycles. The molecule has 0 saturated carbocycles. The highest BCUT2D eigenvalue weighted by Crippen LogP contribution is 2.38. The first-order chi connectivity index (χ1) is 27.2. The number of hydrogen-bond acceptors (Lipinski definition) is 15. The van der Waals surface area contributed by atoms with Crippen LogP contribution in [0.4, 0.5) is 4.39 Å². The van der Waals surface area contributed by atoms with E-state index >= 15 is 4.39 Å². The summed E-state index contributed by atoms with van der Waals surface area (Å²) in [6, 6.07) is 3.97. The number of ketones is 2. The minimum atomic E-state index is -3.19. The number of likely N-dealkylation sites (N-methyl/N-ethyl adjacent to an activating group) is 1. The summed E-state index contributed by atoms with van der Waals surface area (Å²) in [6.45, 7) is 14.6. The molecule has 0 spiro atoms. The Hall–Kier alpha value is -3.58. The predicted octanol–water partition coefficient (Wildman–Crippen LogP) is 3.35. The molecular weight excluding hydrogens is 753 g/mol. The van der Waals surface area contributed by atoms with E-state index in [0.717, 1.165) is 6.92 Å². The number of alkyl halides is 1. The number of ether oxygens (including phenoxy) is 4. The van der Waals surface area contributed by atoms with Crippen LogP contribution in [0.1, 0.15) is 81.6 Å². The van der Waals surface area contributed by atoms with Gasteiger partial charge in [0.1, 0.15) is 29.3 Å². The van der Waals surface area contributed by atoms with Crippen LogP contribution in [0.25, 0.3) is 11.5 Å². The van der Waals surface area contributed by atoms with Crippen molar-refractivity contribution in [3.63, 3.8) is 0 Å². The molecule has 0 bridgehead atoms. The number of carbonyl (C=O) groups is 3. The number of rotatable bonds is 16. The molecule has 2 aromatic rings. The number of pyridine rings is 1. The van der Waals surface area contributed by atoms with Crippen LogP contribution in [0.2, 0.25) is 0 Å². The SMILES string of the molecule is CCO[C@@H](O[C@@H]1[C@@H](C)C(=O)[C@](C)(F)C(=O)O[C@H](CC)[C@@](C)(O)[C@H](NC/C=C/Cn2nnnc2-c2ccccn2)[C@@H](C)C(=O)[C@H](C)C[C@@]1(C)OC)C(O)C(CC)N(C)C. The van der Waals surface area contributed by atoms with Gasteiger partial charge in [-0.15, -0.1) is 5.10 Å². The smallest absolute Gasteiger partial charge is 0.351 e. The number of cyclic esters (lactones) is 1. The number of aliphatic hydroxyl groups is 2. The molecular formula is C41H66FN7O9. The molecule has 2 aromatic heterocycles. The van der Waals surface area contributed by atoms with E-state index in [9.17, 15) is 24.6 Å². The Morgan fingerprint density at radius 3 is 2.36 bits per heavy atom. The van der Waals surface area contributed by atoms with Crippen LogP contribution in [0.5, 0.6) is 0 Å². The molecule has 0 radical (unpaired) electrons. The summed E-state index contributed by atoms with van der Waals surface area (Å²) in [4.78, 5) is 48.5. The first-order valence-corrected chi connectivity index (χ1v) is 20.2. The Labute approximate surface area is 342 Å². The Morgan fingerprint density at radius 2 is 1.79 bits per heavy atom. The van der Waals surface area contributed by atoms with Crippen molar-refractivity contribution in [2.75, 3.05) is 34.4 Å². The summed E-state index contributed by atoms with van der Waals surface area (Å²) < 4.78 is 42.5. The molecule has 1 fully saturated rings. The minimum absolute atomic E-state index is 0.0151. The molecule has 2 unspecified atom stereocenters. The van der Waals surface area contributed by atoms with Gasteiger partial charge in [-0.05, 0) is 83.6 Å². The maximum absolute atomic E-state index is 16.8. The normalized spacial score (nSPS) is 32.2. The number of aliphatic hydroxyl groups excluding tert-OH is 1. The van der Waals surface area contributed by atoms with E-state index in [2.05, 4.69) is 25.8 Å². The van der Waals surface area contributed by atoms with Crippen LogP contribution in [0.15, 0.2) is 36.5 Å². The van der Waals surface area contributed by atoms with Gasteiger partial charge in [0.2, 0.25) is 5.82 Å². The molecule has 0 amide bonds. The van der Waals surface area contributed by atoms with Crippen LogP contribution < -0.4 is 5.32 Å². The van der Waals surface area contributed by atoms with E-state index in [1.54, 1.807) is 83.9 Å². The maximum atomic E-state index is 16.8. The molecule has 3 N–H and O–H groups in total. The van der Waals surface area contributed by atoms with E-state index in [4.69, 9.17) is 18.9 Å². The van der Waals surface area contributed by atoms with Crippen molar-refractivity contribution in [2.45, 2.75) is 142 Å². The van der Waals surface area contributed by atoms with Gasteiger partial charge in [-0.1, -0.05) is 52.8 Å². The average molecular weight is 820 g/mol. The van der Waals surface area contributed by atoms with E-state index in [1.807, 2.05) is 17.9 Å². The van der Waals surface area contributed by atoms with Crippen LogP contribution >= 0.6 is 0 Å². The van der Waals surface area contributed by atoms with Crippen molar-refractivity contribution in [3.05, 3.63) is 36.5 Å². The number of allylic oxidation sites excluding steroid dienone is 1. The lowest BCUT2D eigenvalue weighted by Gasteiger charge is -2.46. The Kier molecular flexibility index (Phi) is 17.7. The second-order valence-corrected chi connectivity index (χ2v) is 16.1. The van der Waals surface area contributed by atoms with E-state index in [-0.39, 0.29) is 38.3 Å². The highest BCUT2D eigenvalue weighted by atomic mass is 19.1. The van der Waals surface area contributed by atoms with Crippen molar-refractivity contribution in [1.82, 2.24) is 35.4 Å². The van der Waals surface area contributed by atoms with Crippen LogP contribution in [-0.2, 0) is 39.9 Å². The fourth-order valence-corrected chi connectivity index (χ4v) is 8.12. The lowest BCUT2D eigenvalue weighted by Crippen LogP contribution is -2.63. The van der Waals surface area contributed by atoms with Gasteiger partial charge in [0.15, 0.2) is 12.1 Å². The van der Waals surface area contributed by atoms with Crippen molar-refractivity contribution < 1.29 is 47.9 Å². The Balaban J connectivity index is 2.04. The van der Waals surface area contributed by atoms with Gasteiger partial charge in [-0.25, -0.2) is 13.9 Å². The van der Waals surface area contributed by atoms with Crippen molar-refractivity contribution in [3.8, 4) is 11.5 Å². The molecule has 1 aliphatic heterocycles. The largest absolute Gasteiger partial charge is 0.457 e. The summed E-state index contributed by atoms with van der Waals surface area (Å²) in [5.41, 5.74) is -5.99. The molecule has 3 heterocycles. The molecule has 1 aliphatic rings. The number of tetrazole rings is 1. The number of carbonyl (C=O) groups excluding carboxylic acids is 3. The van der Waals surface area contributed by atoms with Crippen LogP contribution in [-0.4, -0.2) is 146 Å². The van der Waals surface area contributed by atoms with Gasteiger partial charge in [-0.3, -0.25) is 14.6 Å². The highest BCUT2D eigenvalue weighted by Gasteiger charge is 2.55. The summed E-state index contributed by atoms with van der Waals surface area (Å²) in [7, 11) is 5.00. The van der Waals surface area contributed by atoms with Gasteiger partial charge in [0.25, 0.3) is 5.67 Å². The summed E-state index contributed by atoms with van der Waals surface area (Å²) in [5.74, 6) is -5.46. The lowest BCUT2D eigenvalue weighted by molar-refractivity contribution is -0.266. The fourth-order valence-electron chi connectivity index (χ4n) is 8.12. The third kappa shape index (κ3) is 11.2. The summed E-state index contributed by atoms with van der Waals surface area (Å²) in [5, 5.41) is 38.9. The van der Waals surface area contributed by atoms with Gasteiger partial charge in [0, 0.05) is 56.3 Å². The molecule has 0 aliphatic carbocycles. The molecule has 16 nitrogen and oxygen atoms in total. The second-order valence-electron chi connectivity index (χ2n) is 16.1. The molecule has 0 aromatic carbocycles. The number of nitrogens with zero attached hydrogens (tertiary/aromatic N) is 6. The number of methoxy groups -OCH3 is 1. The molecule has 58 heavy (non-hydrogen) atoms. The molecule has 17 heteroatoms. The molecule has 12 atom stereocenters. The average Bonchev–Trinajstić information content (AvgIpc) is 3.66. The van der Waals surface area contributed by atoms with Gasteiger partial charge >= 0.3 is 5.97 Å². The monoisotopic (exact) mass is 819 g/mol. The zero-order valence-electron chi connectivity index (χ0n) is 36.2. The van der Waals surface area contributed by atoms with E-state index < -0.39 is 83.1 Å². The van der Waals surface area contributed by atoms with Gasteiger partial charge in [-0.2, -0.15) is 0 Å².